The molecule has 10 heteroatoms. The maximum atomic E-state index is 14.2. The Hall–Kier alpha value is -5.45. The molecule has 0 fully saturated rings. The van der Waals surface area contributed by atoms with Crippen LogP contribution in [0.25, 0.3) is 6.08 Å². The molecule has 0 bridgehead atoms. The van der Waals surface area contributed by atoms with Gasteiger partial charge in [0.05, 0.1) is 22.9 Å². The van der Waals surface area contributed by atoms with Gasteiger partial charge in [0.15, 0.2) is 16.7 Å². The molecule has 270 valence electrons. The van der Waals surface area contributed by atoms with Crippen LogP contribution in [0, 0.1) is 6.92 Å². The van der Waals surface area contributed by atoms with Gasteiger partial charge in [0.25, 0.3) is 11.8 Å². The van der Waals surface area contributed by atoms with Crippen LogP contribution in [0.5, 0.6) is 11.5 Å². The molecule has 1 aliphatic rings. The van der Waals surface area contributed by atoms with E-state index >= 15 is 0 Å². The third-order valence-electron chi connectivity index (χ3n) is 8.06. The Bertz CT molecular complexity index is 2040. The predicted octanol–water partition coefficient (Wildman–Crippen LogP) is 9.13. The molecule has 0 aliphatic carbocycles. The van der Waals surface area contributed by atoms with Gasteiger partial charge >= 0.3 is 0 Å². The van der Waals surface area contributed by atoms with Crippen molar-refractivity contribution in [1.82, 2.24) is 10.2 Å². The van der Waals surface area contributed by atoms with Gasteiger partial charge in [-0.1, -0.05) is 127 Å². The third-order valence-corrected chi connectivity index (χ3v) is 9.59. The summed E-state index contributed by atoms with van der Waals surface area (Å²) in [4.78, 5) is 47.0. The van der Waals surface area contributed by atoms with Crippen LogP contribution in [0.3, 0.4) is 0 Å². The van der Waals surface area contributed by atoms with Gasteiger partial charge in [-0.2, -0.15) is 4.99 Å². The molecule has 0 aromatic heterocycles. The number of thioether (sulfide) groups is 1. The second-order valence-electron chi connectivity index (χ2n) is 11.9. The Morgan fingerprint density at radius 2 is 1.64 bits per heavy atom. The number of nitrogens with one attached hydrogen (secondary N) is 1. The van der Waals surface area contributed by atoms with Gasteiger partial charge in [-0.25, -0.2) is 0 Å². The summed E-state index contributed by atoms with van der Waals surface area (Å²) >= 11 is 4.61. The van der Waals surface area contributed by atoms with Gasteiger partial charge in [-0.3, -0.25) is 19.3 Å². The van der Waals surface area contributed by atoms with Crippen molar-refractivity contribution in [3.05, 3.63) is 172 Å². The topological polar surface area (TPSA) is 97.3 Å². The van der Waals surface area contributed by atoms with Crippen molar-refractivity contribution in [2.24, 2.45) is 4.99 Å². The summed E-state index contributed by atoms with van der Waals surface area (Å²) in [5.74, 6) is -0.751. The highest BCUT2D eigenvalue weighted by Gasteiger charge is 2.35. The second kappa shape index (κ2) is 18.9. The minimum Gasteiger partial charge on any atom is -0.490 e. The summed E-state index contributed by atoms with van der Waals surface area (Å²) in [7, 11) is 0. The Labute approximate surface area is 323 Å². The SMILES string of the molecule is C=C/C=C\C(=C/C)N1C(=O)/C(=C/c2cc(Br)c(OCc3ccc(C)cc3)c(OCC)c2)C(=O)N=C1SCC(=O)NC(c1ccccc1)c1ccccc1. The van der Waals surface area contributed by atoms with Crippen molar-refractivity contribution in [1.29, 1.82) is 0 Å². The van der Waals surface area contributed by atoms with Crippen molar-refractivity contribution in [2.45, 2.75) is 33.4 Å². The van der Waals surface area contributed by atoms with Crippen molar-refractivity contribution >= 4 is 56.7 Å². The molecule has 1 N–H and O–H groups in total. The lowest BCUT2D eigenvalue weighted by Crippen LogP contribution is -2.42. The number of nitrogens with zero attached hydrogens (tertiary/aromatic N) is 2. The number of allylic oxidation sites excluding steroid dienone is 4. The number of hydrogen-bond donors (Lipinski definition) is 1. The number of halogens is 1. The highest BCUT2D eigenvalue weighted by Crippen LogP contribution is 2.38. The molecule has 0 spiro atoms. The fourth-order valence-electron chi connectivity index (χ4n) is 5.47. The average molecular weight is 791 g/mol. The number of carbonyl (C=O) groups is 3. The molecule has 4 aromatic carbocycles. The van der Waals surface area contributed by atoms with E-state index in [4.69, 9.17) is 9.47 Å². The van der Waals surface area contributed by atoms with Crippen LogP contribution in [0.1, 0.15) is 47.7 Å². The summed E-state index contributed by atoms with van der Waals surface area (Å²) in [5, 5.41) is 3.19. The van der Waals surface area contributed by atoms with Crippen LogP contribution in [0.4, 0.5) is 0 Å². The zero-order valence-electron chi connectivity index (χ0n) is 29.8. The first-order valence-corrected chi connectivity index (χ1v) is 18.8. The minimum atomic E-state index is -0.725. The highest BCUT2D eigenvalue weighted by molar-refractivity contribution is 9.10. The maximum Gasteiger partial charge on any atom is 0.285 e. The molecular formula is C43H40BrN3O5S. The number of hydrogen-bond acceptors (Lipinski definition) is 6. The molecule has 0 saturated heterocycles. The zero-order chi connectivity index (χ0) is 37.7. The number of carbonyl (C=O) groups excluding carboxylic acids is 3. The van der Waals surface area contributed by atoms with Gasteiger partial charge in [-0.15, -0.1) is 0 Å². The van der Waals surface area contributed by atoms with E-state index in [9.17, 15) is 14.4 Å². The minimum absolute atomic E-state index is 0.0844. The fraction of sp³-hybridized carbons (Fsp3) is 0.163. The van der Waals surface area contributed by atoms with Gasteiger partial charge in [-0.05, 0) is 83.2 Å². The summed E-state index contributed by atoms with van der Waals surface area (Å²) in [6.07, 6.45) is 8.18. The summed E-state index contributed by atoms with van der Waals surface area (Å²) in [6.45, 7) is 10.1. The monoisotopic (exact) mass is 789 g/mol. The first-order chi connectivity index (χ1) is 25.7. The van der Waals surface area contributed by atoms with Gasteiger partial charge < -0.3 is 14.8 Å². The number of aryl methyl sites for hydroxylation is 1. The lowest BCUT2D eigenvalue weighted by atomic mass is 9.99. The number of aliphatic imine (C=N–C) groups is 1. The van der Waals surface area contributed by atoms with Crippen molar-refractivity contribution in [2.75, 3.05) is 12.4 Å². The lowest BCUT2D eigenvalue weighted by molar-refractivity contribution is -0.126. The number of benzene rings is 4. The summed E-state index contributed by atoms with van der Waals surface area (Å²) < 4.78 is 12.7. The Balaban J connectivity index is 1.42. The molecule has 5 rings (SSSR count). The quantitative estimate of drug-likeness (QED) is 0.0778. The molecule has 0 atom stereocenters. The Morgan fingerprint density at radius 3 is 2.25 bits per heavy atom. The normalized spacial score (nSPS) is 14.1. The predicted molar refractivity (Wildman–Crippen MR) is 217 cm³/mol. The molecule has 3 amide bonds. The standard InChI is InChI=1S/C43H40BrN3O5S/c1-5-8-19-34(6-2)47-42(50)35(24-31-25-36(44)40(37(26-31)51-7-3)52-27-30-22-20-29(4)21-23-30)41(49)46-43(47)53-28-38(48)45-39(32-15-11-9-12-16-32)33-17-13-10-14-18-33/h5-6,8-26,39H,1,7,27-28H2,2-4H3,(H,45,48)/b19-8-,34-6+,35-24+. The smallest absolute Gasteiger partial charge is 0.285 e. The maximum absolute atomic E-state index is 14.2. The van der Waals surface area contributed by atoms with Gasteiger partial charge in [0.1, 0.15) is 12.2 Å². The largest absolute Gasteiger partial charge is 0.490 e. The van der Waals surface area contributed by atoms with E-state index in [0.29, 0.717) is 40.4 Å². The molecule has 4 aromatic rings. The van der Waals surface area contributed by atoms with Crippen LogP contribution in [-0.2, 0) is 21.0 Å². The molecule has 1 heterocycles. The van der Waals surface area contributed by atoms with E-state index in [1.807, 2.05) is 98.8 Å². The summed E-state index contributed by atoms with van der Waals surface area (Å²) in [5.41, 5.74) is 4.83. The average Bonchev–Trinajstić information content (AvgIpc) is 3.16. The molecule has 8 nitrogen and oxygen atoms in total. The van der Waals surface area contributed by atoms with Crippen LogP contribution >= 0.6 is 27.7 Å². The summed E-state index contributed by atoms with van der Waals surface area (Å²) in [6, 6.07) is 30.5. The first kappa shape index (κ1) is 38.8. The van der Waals surface area contributed by atoms with Crippen molar-refractivity contribution in [3.8, 4) is 11.5 Å². The van der Waals surface area contributed by atoms with Crippen LogP contribution in [-0.4, -0.2) is 40.1 Å². The lowest BCUT2D eigenvalue weighted by Gasteiger charge is -2.28. The van der Waals surface area contributed by atoms with Gasteiger partial charge in [0, 0.05) is 5.70 Å². The van der Waals surface area contributed by atoms with E-state index in [-0.39, 0.29) is 22.4 Å². The molecule has 0 saturated carbocycles. The number of amidine groups is 1. The second-order valence-corrected chi connectivity index (χ2v) is 13.7. The number of rotatable bonds is 14. The van der Waals surface area contributed by atoms with Crippen LogP contribution in [0.2, 0.25) is 0 Å². The molecule has 53 heavy (non-hydrogen) atoms. The number of ether oxygens (including phenoxy) is 2. The Morgan fingerprint density at radius 1 is 0.981 bits per heavy atom. The van der Waals surface area contributed by atoms with Gasteiger partial charge in [0.2, 0.25) is 5.91 Å². The van der Waals surface area contributed by atoms with E-state index in [2.05, 4.69) is 32.8 Å². The van der Waals surface area contributed by atoms with E-state index in [1.165, 1.54) is 11.0 Å². The van der Waals surface area contributed by atoms with E-state index < -0.39 is 17.9 Å². The zero-order valence-corrected chi connectivity index (χ0v) is 32.2. The molecule has 0 radical (unpaired) electrons. The van der Waals surface area contributed by atoms with E-state index in [1.54, 1.807) is 43.4 Å². The Kier molecular flexibility index (Phi) is 13.8. The fourth-order valence-corrected chi connectivity index (χ4v) is 6.86. The molecule has 1 aliphatic heterocycles. The highest BCUT2D eigenvalue weighted by atomic mass is 79.9. The van der Waals surface area contributed by atoms with Crippen molar-refractivity contribution in [3.63, 3.8) is 0 Å². The number of amides is 3. The van der Waals surface area contributed by atoms with Crippen LogP contribution in [0.15, 0.2) is 149 Å². The molecular weight excluding hydrogens is 750 g/mol. The third kappa shape index (κ3) is 10.1. The van der Waals surface area contributed by atoms with E-state index in [0.717, 1.165) is 34.0 Å². The van der Waals surface area contributed by atoms with Crippen LogP contribution < -0.4 is 14.8 Å². The first-order valence-electron chi connectivity index (χ1n) is 17.0. The van der Waals surface area contributed by atoms with Crippen molar-refractivity contribution < 1.29 is 23.9 Å². The molecule has 0 unspecified atom stereocenters.